The van der Waals surface area contributed by atoms with E-state index in [1.165, 1.54) is 0 Å². The van der Waals surface area contributed by atoms with Crippen LogP contribution in [0.3, 0.4) is 0 Å². The minimum Gasteiger partial charge on any atom is -0.297 e. The van der Waals surface area contributed by atoms with Crippen molar-refractivity contribution < 1.29 is 14.4 Å². The van der Waals surface area contributed by atoms with E-state index in [0.717, 1.165) is 6.29 Å². The smallest absolute Gasteiger partial charge is 0.235 e. The van der Waals surface area contributed by atoms with Crippen LogP contribution >= 0.6 is 0 Å². The number of hydrogen-bond acceptors (Lipinski definition) is 4. The Morgan fingerprint density at radius 3 is 2.95 bits per heavy atom. The van der Waals surface area contributed by atoms with Gasteiger partial charge in [0.1, 0.15) is 5.65 Å². The number of carbonyl (C=O) groups is 3. The predicted molar refractivity (Wildman–Crippen MR) is 65.7 cm³/mol. The number of nitrogens with zero attached hydrogens (tertiary/aromatic N) is 2. The van der Waals surface area contributed by atoms with E-state index in [0.29, 0.717) is 29.9 Å². The Balaban J connectivity index is 2.04. The van der Waals surface area contributed by atoms with E-state index in [1.807, 2.05) is 0 Å². The van der Waals surface area contributed by atoms with Crippen molar-refractivity contribution in [3.05, 3.63) is 35.8 Å². The lowest BCUT2D eigenvalue weighted by Crippen LogP contribution is -2.39. The topological polar surface area (TPSA) is 80.5 Å². The summed E-state index contributed by atoms with van der Waals surface area (Å²) in [5.74, 6) is -1.01. The van der Waals surface area contributed by atoms with Crippen molar-refractivity contribution in [2.75, 3.05) is 0 Å². The molecule has 6 nitrogen and oxygen atoms in total. The zero-order valence-electron chi connectivity index (χ0n) is 10.00. The van der Waals surface area contributed by atoms with Gasteiger partial charge < -0.3 is 0 Å². The molecular weight excluding hydrogens is 246 g/mol. The van der Waals surface area contributed by atoms with Gasteiger partial charge in [0.05, 0.1) is 17.3 Å². The largest absolute Gasteiger partial charge is 0.297 e. The highest BCUT2D eigenvalue weighted by Crippen LogP contribution is 2.24. The van der Waals surface area contributed by atoms with Gasteiger partial charge in [-0.05, 0) is 18.6 Å². The Hall–Kier alpha value is -2.50. The van der Waals surface area contributed by atoms with Crippen molar-refractivity contribution >= 4 is 23.7 Å². The Morgan fingerprint density at radius 1 is 1.37 bits per heavy atom. The summed E-state index contributed by atoms with van der Waals surface area (Å²) in [5, 5.41) is 2.30. The molecule has 6 heteroatoms. The second kappa shape index (κ2) is 4.31. The summed E-state index contributed by atoms with van der Waals surface area (Å²) in [5.41, 5.74) is 1.67. The van der Waals surface area contributed by atoms with E-state index in [9.17, 15) is 14.4 Å². The van der Waals surface area contributed by atoms with Crippen molar-refractivity contribution in [1.29, 1.82) is 0 Å². The zero-order valence-corrected chi connectivity index (χ0v) is 10.00. The van der Waals surface area contributed by atoms with Crippen LogP contribution < -0.4 is 5.32 Å². The van der Waals surface area contributed by atoms with Crippen LogP contribution in [0.1, 0.15) is 34.9 Å². The molecule has 96 valence electrons. The molecule has 1 saturated heterocycles. The number of fused-ring (bicyclic) bond motifs is 1. The summed E-state index contributed by atoms with van der Waals surface area (Å²) in [6.45, 7) is 0. The number of rotatable bonds is 2. The van der Waals surface area contributed by atoms with Crippen LogP contribution in [0, 0.1) is 0 Å². The minimum absolute atomic E-state index is 0.251. The minimum atomic E-state index is -0.433. The summed E-state index contributed by atoms with van der Waals surface area (Å²) in [4.78, 5) is 38.2. The molecule has 0 saturated carbocycles. The number of imidazole rings is 1. The molecule has 1 aliphatic rings. The number of carbonyl (C=O) groups excluding carboxylic acids is 3. The SMILES string of the molecule is O=Cc1cccc2nc(C3CCC(=O)NC3=O)cn12. The number of piperidine rings is 1. The fraction of sp³-hybridized carbons (Fsp3) is 0.231. The first kappa shape index (κ1) is 11.6. The van der Waals surface area contributed by atoms with Gasteiger partial charge in [-0.1, -0.05) is 6.07 Å². The molecule has 2 aromatic rings. The monoisotopic (exact) mass is 257 g/mol. The van der Waals surface area contributed by atoms with Gasteiger partial charge in [-0.15, -0.1) is 0 Å². The van der Waals surface area contributed by atoms with Crippen molar-refractivity contribution in [2.24, 2.45) is 0 Å². The molecule has 1 aliphatic heterocycles. The third-order valence-electron chi connectivity index (χ3n) is 3.26. The first-order valence-electron chi connectivity index (χ1n) is 5.96. The fourth-order valence-electron chi connectivity index (χ4n) is 2.29. The summed E-state index contributed by atoms with van der Waals surface area (Å²) >= 11 is 0. The zero-order chi connectivity index (χ0) is 13.4. The number of amides is 2. The molecule has 0 aromatic carbocycles. The molecule has 3 heterocycles. The number of aldehydes is 1. The number of nitrogens with one attached hydrogen (secondary N) is 1. The van der Waals surface area contributed by atoms with E-state index < -0.39 is 5.92 Å². The van der Waals surface area contributed by atoms with Gasteiger partial charge in [0.15, 0.2) is 6.29 Å². The molecule has 0 spiro atoms. The van der Waals surface area contributed by atoms with Crippen LogP contribution in [0.4, 0.5) is 0 Å². The fourth-order valence-corrected chi connectivity index (χ4v) is 2.29. The first-order valence-corrected chi connectivity index (χ1v) is 5.96. The molecule has 1 N–H and O–H groups in total. The van der Waals surface area contributed by atoms with Gasteiger partial charge in [-0.3, -0.25) is 24.1 Å². The van der Waals surface area contributed by atoms with Gasteiger partial charge in [0.25, 0.3) is 0 Å². The van der Waals surface area contributed by atoms with Gasteiger partial charge in [-0.2, -0.15) is 0 Å². The maximum absolute atomic E-state index is 11.8. The van der Waals surface area contributed by atoms with E-state index in [-0.39, 0.29) is 11.8 Å². The van der Waals surface area contributed by atoms with Crippen molar-refractivity contribution in [1.82, 2.24) is 14.7 Å². The third kappa shape index (κ3) is 1.91. The molecular formula is C13H11N3O3. The van der Waals surface area contributed by atoms with Gasteiger partial charge >= 0.3 is 0 Å². The molecule has 2 aromatic heterocycles. The normalized spacial score (nSPS) is 19.5. The van der Waals surface area contributed by atoms with Crippen LogP contribution in [0.5, 0.6) is 0 Å². The number of pyridine rings is 1. The Bertz CT molecular complexity index is 689. The lowest BCUT2D eigenvalue weighted by molar-refractivity contribution is -0.134. The molecule has 1 unspecified atom stereocenters. The molecule has 0 aliphatic carbocycles. The average Bonchev–Trinajstić information content (AvgIpc) is 2.81. The molecule has 0 radical (unpaired) electrons. The summed E-state index contributed by atoms with van der Waals surface area (Å²) in [6.07, 6.45) is 3.18. The molecule has 19 heavy (non-hydrogen) atoms. The van der Waals surface area contributed by atoms with Crippen LogP contribution in [0.2, 0.25) is 0 Å². The summed E-state index contributed by atoms with van der Waals surface area (Å²) in [6, 6.07) is 5.18. The first-order chi connectivity index (χ1) is 9.19. The Morgan fingerprint density at radius 2 is 2.21 bits per heavy atom. The number of aromatic nitrogens is 2. The van der Waals surface area contributed by atoms with Crippen molar-refractivity contribution in [3.63, 3.8) is 0 Å². The summed E-state index contributed by atoms with van der Waals surface area (Å²) < 4.78 is 1.64. The second-order valence-electron chi connectivity index (χ2n) is 4.47. The van der Waals surface area contributed by atoms with Crippen LogP contribution in [0.15, 0.2) is 24.4 Å². The highest BCUT2D eigenvalue weighted by atomic mass is 16.2. The Labute approximate surface area is 108 Å². The predicted octanol–water partition coefficient (Wildman–Crippen LogP) is 0.667. The van der Waals surface area contributed by atoms with E-state index in [1.54, 1.807) is 28.8 Å². The molecule has 1 fully saturated rings. The number of imide groups is 1. The average molecular weight is 257 g/mol. The van der Waals surface area contributed by atoms with Gasteiger partial charge in [-0.25, -0.2) is 4.98 Å². The quantitative estimate of drug-likeness (QED) is 0.633. The molecule has 3 rings (SSSR count). The maximum atomic E-state index is 11.8. The molecule has 2 amide bonds. The summed E-state index contributed by atoms with van der Waals surface area (Å²) in [7, 11) is 0. The lowest BCUT2D eigenvalue weighted by atomic mass is 9.95. The molecule has 0 bridgehead atoms. The van der Waals surface area contributed by atoms with Crippen LogP contribution in [-0.4, -0.2) is 27.5 Å². The Kier molecular flexibility index (Phi) is 2.63. The van der Waals surface area contributed by atoms with Crippen molar-refractivity contribution in [3.8, 4) is 0 Å². The van der Waals surface area contributed by atoms with E-state index in [2.05, 4.69) is 10.3 Å². The van der Waals surface area contributed by atoms with Gasteiger partial charge in [0.2, 0.25) is 11.8 Å². The molecule has 1 atom stereocenters. The highest BCUT2D eigenvalue weighted by molar-refractivity contribution is 6.00. The van der Waals surface area contributed by atoms with Gasteiger partial charge in [0, 0.05) is 12.6 Å². The lowest BCUT2D eigenvalue weighted by Gasteiger charge is -2.18. The van der Waals surface area contributed by atoms with E-state index in [4.69, 9.17) is 0 Å². The standard InChI is InChI=1S/C13H11N3O3/c17-7-8-2-1-3-11-14-10(6-16(8)11)9-4-5-12(18)15-13(9)19/h1-3,6-7,9H,4-5H2,(H,15,18,19). The number of hydrogen-bond donors (Lipinski definition) is 1. The second-order valence-corrected chi connectivity index (χ2v) is 4.47. The van der Waals surface area contributed by atoms with Crippen molar-refractivity contribution in [2.45, 2.75) is 18.8 Å². The van der Waals surface area contributed by atoms with E-state index >= 15 is 0 Å². The maximum Gasteiger partial charge on any atom is 0.235 e. The third-order valence-corrected chi connectivity index (χ3v) is 3.26. The van der Waals surface area contributed by atoms with Crippen LogP contribution in [0.25, 0.3) is 5.65 Å². The van der Waals surface area contributed by atoms with Crippen LogP contribution in [-0.2, 0) is 9.59 Å². The highest BCUT2D eigenvalue weighted by Gasteiger charge is 2.29.